The third-order valence-electron chi connectivity index (χ3n) is 5.33. The fourth-order valence-electron chi connectivity index (χ4n) is 3.88. The molecule has 0 bridgehead atoms. The van der Waals surface area contributed by atoms with Crippen molar-refractivity contribution in [2.75, 3.05) is 26.0 Å². The summed E-state index contributed by atoms with van der Waals surface area (Å²) in [5.74, 6) is 0.849. The second-order valence-electron chi connectivity index (χ2n) is 7.03. The topological polar surface area (TPSA) is 41.6 Å². The quantitative estimate of drug-likeness (QED) is 0.722. The fourth-order valence-corrected chi connectivity index (χ4v) is 3.88. The highest BCUT2D eigenvalue weighted by Crippen LogP contribution is 2.34. The maximum atomic E-state index is 12.6. The number of ether oxygens (including phenoxy) is 1. The van der Waals surface area contributed by atoms with Gasteiger partial charge in [0.2, 0.25) is 5.91 Å². The molecule has 4 rings (SSSR count). The van der Waals surface area contributed by atoms with Gasteiger partial charge in [-0.3, -0.25) is 4.79 Å². The summed E-state index contributed by atoms with van der Waals surface area (Å²) in [4.78, 5) is 14.4. The lowest BCUT2D eigenvalue weighted by molar-refractivity contribution is -0.128. The van der Waals surface area contributed by atoms with E-state index < -0.39 is 0 Å². The average molecular weight is 360 g/mol. The smallest absolute Gasteiger partial charge is 0.241 e. The molecule has 4 nitrogen and oxygen atoms in total. The molecule has 0 spiro atoms. The van der Waals surface area contributed by atoms with Crippen LogP contribution in [0.15, 0.2) is 54.6 Å². The number of carbonyl (C=O) groups excluding carboxylic acids is 1. The van der Waals surface area contributed by atoms with Crippen molar-refractivity contribution in [2.45, 2.75) is 19.4 Å². The summed E-state index contributed by atoms with van der Waals surface area (Å²) in [7, 11) is 3.47. The lowest BCUT2D eigenvalue weighted by atomic mass is 10.0. The minimum Gasteiger partial charge on any atom is -0.496 e. The number of hydrogen-bond donors (Lipinski definition) is 1. The van der Waals surface area contributed by atoms with Crippen LogP contribution >= 0.6 is 0 Å². The molecule has 0 atom stereocenters. The van der Waals surface area contributed by atoms with Gasteiger partial charge in [-0.2, -0.15) is 0 Å². The van der Waals surface area contributed by atoms with Crippen molar-refractivity contribution in [1.82, 2.24) is 4.90 Å². The van der Waals surface area contributed by atoms with Gasteiger partial charge in [-0.1, -0.05) is 42.5 Å². The molecule has 0 aromatic heterocycles. The minimum atomic E-state index is 0.0455. The molecule has 1 amide bonds. The lowest BCUT2D eigenvalue weighted by Gasteiger charge is -2.20. The van der Waals surface area contributed by atoms with E-state index in [4.69, 9.17) is 4.74 Å². The first-order chi connectivity index (χ1) is 13.2. The number of aryl methyl sites for hydroxylation is 2. The molecule has 0 unspecified atom stereocenters. The summed E-state index contributed by atoms with van der Waals surface area (Å²) < 4.78 is 5.38. The zero-order valence-electron chi connectivity index (χ0n) is 15.8. The molecule has 0 radical (unpaired) electrons. The number of para-hydroxylation sites is 1. The molecule has 4 heteroatoms. The van der Waals surface area contributed by atoms with E-state index in [2.05, 4.69) is 35.6 Å². The summed E-state index contributed by atoms with van der Waals surface area (Å²) in [6, 6.07) is 18.5. The maximum Gasteiger partial charge on any atom is 0.241 e. The summed E-state index contributed by atoms with van der Waals surface area (Å²) >= 11 is 0. The molecule has 27 heavy (non-hydrogen) atoms. The number of likely N-dealkylation sites (N-methyl/N-ethyl adjacent to an activating group) is 1. The van der Waals surface area contributed by atoms with Crippen LogP contribution in [0.5, 0.6) is 5.75 Å². The monoisotopic (exact) mass is 360 g/mol. The Bertz CT molecular complexity index is 987. The van der Waals surface area contributed by atoms with E-state index in [-0.39, 0.29) is 12.5 Å². The van der Waals surface area contributed by atoms with Crippen LogP contribution in [0.2, 0.25) is 0 Å². The number of amides is 1. The van der Waals surface area contributed by atoms with Gasteiger partial charge in [-0.15, -0.1) is 0 Å². The van der Waals surface area contributed by atoms with Gasteiger partial charge in [0.1, 0.15) is 5.75 Å². The Labute approximate surface area is 159 Å². The third kappa shape index (κ3) is 3.35. The Hall–Kier alpha value is -3.01. The predicted octanol–water partition coefficient (Wildman–Crippen LogP) is 4.02. The zero-order valence-corrected chi connectivity index (χ0v) is 15.8. The van der Waals surface area contributed by atoms with Crippen LogP contribution in [0.3, 0.4) is 0 Å². The van der Waals surface area contributed by atoms with Gasteiger partial charge < -0.3 is 15.0 Å². The van der Waals surface area contributed by atoms with E-state index >= 15 is 0 Å². The first-order valence-corrected chi connectivity index (χ1v) is 9.30. The normalized spacial score (nSPS) is 12.2. The van der Waals surface area contributed by atoms with Gasteiger partial charge >= 0.3 is 0 Å². The molecule has 0 aliphatic heterocycles. The Morgan fingerprint density at radius 3 is 2.63 bits per heavy atom. The second-order valence-corrected chi connectivity index (χ2v) is 7.03. The van der Waals surface area contributed by atoms with E-state index in [9.17, 15) is 4.79 Å². The van der Waals surface area contributed by atoms with Crippen molar-refractivity contribution in [3.63, 3.8) is 0 Å². The molecule has 138 valence electrons. The maximum absolute atomic E-state index is 12.6. The van der Waals surface area contributed by atoms with Gasteiger partial charge in [0.05, 0.1) is 13.7 Å². The standard InChI is InChI=1S/C23H24N2O2/c1-25(15-18-6-3-4-9-21(18)27-2)22(26)14-24-20-13-12-17-11-10-16-7-5-8-19(20)23(16)17/h3-9,12-13,24H,10-11,14-15H2,1-2H3. The number of benzene rings is 3. The Morgan fingerprint density at radius 1 is 1.04 bits per heavy atom. The molecule has 0 saturated carbocycles. The van der Waals surface area contributed by atoms with Gasteiger partial charge in [-0.25, -0.2) is 0 Å². The summed E-state index contributed by atoms with van der Waals surface area (Å²) in [5.41, 5.74) is 4.84. The van der Waals surface area contributed by atoms with Crippen LogP contribution in [0.1, 0.15) is 16.7 Å². The average Bonchev–Trinajstić information content (AvgIpc) is 3.12. The molecule has 0 saturated heterocycles. The van der Waals surface area contributed by atoms with Crippen molar-refractivity contribution >= 4 is 22.4 Å². The van der Waals surface area contributed by atoms with Crippen molar-refractivity contribution in [1.29, 1.82) is 0 Å². The van der Waals surface area contributed by atoms with Crippen molar-refractivity contribution in [3.8, 4) is 5.75 Å². The highest BCUT2D eigenvalue weighted by atomic mass is 16.5. The SMILES string of the molecule is COc1ccccc1CN(C)C(=O)CNc1ccc2c3c(cccc13)CC2. The van der Waals surface area contributed by atoms with Crippen LogP contribution in [0.4, 0.5) is 5.69 Å². The number of carbonyl (C=O) groups is 1. The first kappa shape index (κ1) is 17.4. The largest absolute Gasteiger partial charge is 0.496 e. The summed E-state index contributed by atoms with van der Waals surface area (Å²) in [6.07, 6.45) is 2.22. The van der Waals surface area contributed by atoms with E-state index in [0.29, 0.717) is 6.54 Å². The summed E-state index contributed by atoms with van der Waals surface area (Å²) in [6.45, 7) is 0.790. The Kier molecular flexibility index (Phi) is 4.71. The molecule has 1 aliphatic carbocycles. The predicted molar refractivity (Wildman–Crippen MR) is 109 cm³/mol. The van der Waals surface area contributed by atoms with Crippen molar-refractivity contribution < 1.29 is 9.53 Å². The Morgan fingerprint density at radius 2 is 1.81 bits per heavy atom. The molecule has 1 aliphatic rings. The molecule has 3 aromatic carbocycles. The van der Waals surface area contributed by atoms with Gasteiger partial charge in [0.15, 0.2) is 0 Å². The second kappa shape index (κ2) is 7.31. The van der Waals surface area contributed by atoms with Gasteiger partial charge in [-0.05, 0) is 41.5 Å². The van der Waals surface area contributed by atoms with Crippen LogP contribution in [-0.2, 0) is 24.2 Å². The molecule has 1 N–H and O–H groups in total. The van der Waals surface area contributed by atoms with E-state index in [0.717, 1.165) is 29.8 Å². The van der Waals surface area contributed by atoms with Crippen LogP contribution in [-0.4, -0.2) is 31.5 Å². The number of anilines is 1. The van der Waals surface area contributed by atoms with Crippen LogP contribution in [0, 0.1) is 0 Å². The first-order valence-electron chi connectivity index (χ1n) is 9.30. The minimum absolute atomic E-state index is 0.0455. The highest BCUT2D eigenvalue weighted by Gasteiger charge is 2.17. The third-order valence-corrected chi connectivity index (χ3v) is 5.33. The molecular weight excluding hydrogens is 336 g/mol. The molecule has 0 heterocycles. The fraction of sp³-hybridized carbons (Fsp3) is 0.261. The molecule has 3 aromatic rings. The van der Waals surface area contributed by atoms with Crippen molar-refractivity contribution in [2.24, 2.45) is 0 Å². The van der Waals surface area contributed by atoms with Crippen molar-refractivity contribution in [3.05, 3.63) is 71.3 Å². The van der Waals surface area contributed by atoms with E-state index in [1.807, 2.05) is 31.3 Å². The van der Waals surface area contributed by atoms with Crippen LogP contribution < -0.4 is 10.1 Å². The number of nitrogens with zero attached hydrogens (tertiary/aromatic N) is 1. The number of nitrogens with one attached hydrogen (secondary N) is 1. The lowest BCUT2D eigenvalue weighted by Crippen LogP contribution is -2.31. The van der Waals surface area contributed by atoms with Gasteiger partial charge in [0, 0.05) is 30.2 Å². The van der Waals surface area contributed by atoms with E-state index in [1.54, 1.807) is 12.0 Å². The highest BCUT2D eigenvalue weighted by molar-refractivity contribution is 6.00. The number of hydrogen-bond acceptors (Lipinski definition) is 3. The molecular formula is C23H24N2O2. The van der Waals surface area contributed by atoms with Gasteiger partial charge in [0.25, 0.3) is 0 Å². The summed E-state index contributed by atoms with van der Waals surface area (Å²) in [5, 5.41) is 5.91. The number of methoxy groups -OCH3 is 1. The van der Waals surface area contributed by atoms with Crippen LogP contribution in [0.25, 0.3) is 10.8 Å². The Balaban J connectivity index is 1.46. The number of rotatable bonds is 6. The zero-order chi connectivity index (χ0) is 18.8. The molecule has 0 fully saturated rings. The van der Waals surface area contributed by atoms with E-state index in [1.165, 1.54) is 21.9 Å².